The summed E-state index contributed by atoms with van der Waals surface area (Å²) in [6.07, 6.45) is -0.665. The Morgan fingerprint density at radius 1 is 1.06 bits per heavy atom. The van der Waals surface area contributed by atoms with Gasteiger partial charge in [-0.2, -0.15) is 0 Å². The second-order valence-electron chi connectivity index (χ2n) is 8.68. The molecule has 3 aliphatic heterocycles. The number of piperidine rings is 1. The molecule has 4 atom stereocenters. The van der Waals surface area contributed by atoms with Crippen molar-refractivity contribution in [3.8, 4) is 0 Å². The summed E-state index contributed by atoms with van der Waals surface area (Å²) in [5, 5.41) is 3.34. The number of nitrogens with one attached hydrogen (secondary N) is 1. The number of esters is 1. The molecule has 3 aliphatic rings. The summed E-state index contributed by atoms with van der Waals surface area (Å²) >= 11 is 6.59. The molecule has 2 aromatic carbocycles. The van der Waals surface area contributed by atoms with Gasteiger partial charge >= 0.3 is 5.97 Å². The zero-order chi connectivity index (χ0) is 24.7. The summed E-state index contributed by atoms with van der Waals surface area (Å²) in [7, 11) is 0. The zero-order valence-electron chi connectivity index (χ0n) is 19.3. The molecule has 0 aliphatic carbocycles. The fourth-order valence-corrected chi connectivity index (χ4v) is 7.81. The Morgan fingerprint density at radius 3 is 2.34 bits per heavy atom. The molecule has 0 spiro atoms. The number of thioether (sulfide) groups is 2. The predicted octanol–water partition coefficient (Wildman–Crippen LogP) is 4.63. The molecule has 3 heterocycles. The number of rotatable bonds is 4. The molecule has 1 N–H and O–H groups in total. The lowest BCUT2D eigenvalue weighted by atomic mass is 9.76. The topological polar surface area (TPSA) is 75.7 Å². The third-order valence-electron chi connectivity index (χ3n) is 6.56. The number of benzene rings is 2. The van der Waals surface area contributed by atoms with Crippen molar-refractivity contribution in [2.75, 3.05) is 23.0 Å². The molecule has 35 heavy (non-hydrogen) atoms. The molecule has 0 saturated carbocycles. The van der Waals surface area contributed by atoms with Crippen LogP contribution in [0.15, 0.2) is 62.8 Å². The van der Waals surface area contributed by atoms with Crippen LogP contribution in [0.1, 0.15) is 24.0 Å². The highest BCUT2D eigenvalue weighted by molar-refractivity contribution is 9.10. The van der Waals surface area contributed by atoms with Crippen LogP contribution in [-0.4, -0.2) is 48.0 Å². The highest BCUT2D eigenvalue weighted by Gasteiger charge is 2.58. The monoisotopic (exact) mass is 572 g/mol. The molecule has 0 bridgehead atoms. The van der Waals surface area contributed by atoms with Crippen molar-refractivity contribution >= 4 is 62.8 Å². The smallest absolute Gasteiger partial charge is 0.323 e. The van der Waals surface area contributed by atoms with Gasteiger partial charge in [-0.3, -0.25) is 24.6 Å². The molecule has 0 unspecified atom stereocenters. The van der Waals surface area contributed by atoms with Crippen LogP contribution < -0.4 is 10.2 Å². The number of carbonyl (C=O) groups excluding carboxylic acids is 3. The number of hydrogen-bond donors (Lipinski definition) is 1. The van der Waals surface area contributed by atoms with E-state index < -0.39 is 30.0 Å². The van der Waals surface area contributed by atoms with Crippen LogP contribution in [0.25, 0.3) is 0 Å². The number of hydrogen-bond acceptors (Lipinski definition) is 7. The number of carbonyl (C=O) groups is 3. The fraction of sp³-hybridized carbons (Fsp3) is 0.346. The largest absolute Gasteiger partial charge is 0.465 e. The number of Topliss-reactive ketones (excluding diaryl/α,β-unsaturated/α-hetero) is 1. The maximum atomic E-state index is 14.1. The van der Waals surface area contributed by atoms with Crippen LogP contribution in [0, 0.1) is 12.8 Å². The van der Waals surface area contributed by atoms with E-state index in [0.29, 0.717) is 5.69 Å². The van der Waals surface area contributed by atoms with Crippen LogP contribution in [-0.2, 0) is 19.1 Å². The summed E-state index contributed by atoms with van der Waals surface area (Å²) in [5.41, 5.74) is 2.87. The summed E-state index contributed by atoms with van der Waals surface area (Å²) in [6.45, 7) is 3.98. The molecule has 0 radical (unpaired) electrons. The number of amides is 1. The Labute approximate surface area is 221 Å². The Bertz CT molecular complexity index is 1190. The van der Waals surface area contributed by atoms with Crippen molar-refractivity contribution in [3.05, 3.63) is 73.9 Å². The van der Waals surface area contributed by atoms with Crippen LogP contribution in [0.5, 0.6) is 0 Å². The Balaban J connectivity index is 1.68. The van der Waals surface area contributed by atoms with E-state index in [9.17, 15) is 14.4 Å². The van der Waals surface area contributed by atoms with Gasteiger partial charge in [-0.1, -0.05) is 45.8 Å². The van der Waals surface area contributed by atoms with Gasteiger partial charge in [0, 0.05) is 27.6 Å². The minimum atomic E-state index is -0.760. The third-order valence-corrected chi connectivity index (χ3v) is 9.80. The van der Waals surface area contributed by atoms with E-state index in [4.69, 9.17) is 4.74 Å². The lowest BCUT2D eigenvalue weighted by Crippen LogP contribution is -2.58. The van der Waals surface area contributed by atoms with Gasteiger partial charge in [0.15, 0.2) is 5.78 Å². The fourth-order valence-electron chi connectivity index (χ4n) is 5.01. The van der Waals surface area contributed by atoms with Crippen LogP contribution in [0.4, 0.5) is 5.69 Å². The summed E-state index contributed by atoms with van der Waals surface area (Å²) in [6, 6.07) is 14.6. The Morgan fingerprint density at radius 2 is 1.71 bits per heavy atom. The molecule has 3 fully saturated rings. The van der Waals surface area contributed by atoms with Crippen LogP contribution in [0.2, 0.25) is 0 Å². The summed E-state index contributed by atoms with van der Waals surface area (Å²) in [4.78, 5) is 42.8. The van der Waals surface area contributed by atoms with Crippen molar-refractivity contribution < 1.29 is 19.1 Å². The first-order valence-corrected chi connectivity index (χ1v) is 14.3. The quantitative estimate of drug-likeness (QED) is 0.325. The minimum absolute atomic E-state index is 0.201. The molecule has 1 amide bonds. The highest BCUT2D eigenvalue weighted by atomic mass is 79.9. The predicted molar refractivity (Wildman–Crippen MR) is 143 cm³/mol. The molecular weight excluding hydrogens is 548 g/mol. The zero-order valence-corrected chi connectivity index (χ0v) is 22.5. The van der Waals surface area contributed by atoms with Gasteiger partial charge in [-0.25, -0.2) is 0 Å². The molecular formula is C26H25BrN2O4S2. The number of halogens is 1. The highest BCUT2D eigenvalue weighted by Crippen LogP contribution is 2.48. The maximum absolute atomic E-state index is 14.1. The average Bonchev–Trinajstić information content (AvgIpc) is 3.50. The van der Waals surface area contributed by atoms with Crippen molar-refractivity contribution in [3.63, 3.8) is 0 Å². The molecule has 2 aromatic rings. The van der Waals surface area contributed by atoms with Crippen LogP contribution >= 0.6 is 39.5 Å². The Hall–Kier alpha value is -2.07. The molecule has 3 saturated heterocycles. The van der Waals surface area contributed by atoms with Gasteiger partial charge < -0.3 is 4.74 Å². The van der Waals surface area contributed by atoms with Gasteiger partial charge in [-0.15, -0.1) is 23.5 Å². The average molecular weight is 574 g/mol. The van der Waals surface area contributed by atoms with Gasteiger partial charge in [0.05, 0.1) is 22.9 Å². The third kappa shape index (κ3) is 4.48. The number of aryl methyl sites for hydroxylation is 1. The van der Waals surface area contributed by atoms with E-state index in [1.54, 1.807) is 35.3 Å². The summed E-state index contributed by atoms with van der Waals surface area (Å²) < 4.78 is 7.10. The second-order valence-corrected chi connectivity index (χ2v) is 12.1. The van der Waals surface area contributed by atoms with E-state index in [2.05, 4.69) is 21.2 Å². The number of nitrogens with zero attached hydrogens (tertiary/aromatic N) is 1. The summed E-state index contributed by atoms with van der Waals surface area (Å²) in [5.74, 6) is -0.319. The van der Waals surface area contributed by atoms with E-state index in [0.717, 1.165) is 31.3 Å². The van der Waals surface area contributed by atoms with Crippen molar-refractivity contribution in [2.45, 2.75) is 32.0 Å². The first-order chi connectivity index (χ1) is 16.9. The molecule has 182 valence electrons. The number of ether oxygens (including phenoxy) is 1. The van der Waals surface area contributed by atoms with E-state index in [1.807, 2.05) is 55.5 Å². The first kappa shape index (κ1) is 24.6. The molecule has 9 heteroatoms. The standard InChI is InChI=1S/C26H25BrN2O4S2/c1-3-33-25(32)21-18(15-6-8-16(27)9-7-15)19-22(30)20(26-34-12-13-35-26)24(31)29(23(19)28-21)17-10-4-14(2)5-11-17/h4-11,18-19,21,23,28H,3,12-13H2,1-2H3/t18-,19+,21+,23-/m1/s1. The Kier molecular flexibility index (Phi) is 7.12. The molecule has 5 rings (SSSR count). The minimum Gasteiger partial charge on any atom is -0.465 e. The number of fused-ring (bicyclic) bond motifs is 1. The molecule has 6 nitrogen and oxygen atoms in total. The lowest BCUT2D eigenvalue weighted by molar-refractivity contribution is -0.145. The van der Waals surface area contributed by atoms with E-state index >= 15 is 0 Å². The normalized spacial score (nSPS) is 26.3. The van der Waals surface area contributed by atoms with Gasteiger partial charge in [0.25, 0.3) is 5.91 Å². The van der Waals surface area contributed by atoms with Crippen LogP contribution in [0.3, 0.4) is 0 Å². The van der Waals surface area contributed by atoms with Gasteiger partial charge in [0.2, 0.25) is 0 Å². The SMILES string of the molecule is CCOC(=O)[C@H]1N[C@H]2[C@H](C(=O)C(=C3SCCS3)C(=O)N2c2ccc(C)cc2)[C@H]1c1ccc(Br)cc1. The van der Waals surface area contributed by atoms with Crippen molar-refractivity contribution in [1.82, 2.24) is 5.32 Å². The number of anilines is 1. The van der Waals surface area contributed by atoms with E-state index in [-0.39, 0.29) is 23.9 Å². The maximum Gasteiger partial charge on any atom is 0.323 e. The molecule has 0 aromatic heterocycles. The van der Waals surface area contributed by atoms with Crippen molar-refractivity contribution in [1.29, 1.82) is 0 Å². The van der Waals surface area contributed by atoms with Gasteiger partial charge in [0.1, 0.15) is 11.6 Å². The first-order valence-electron chi connectivity index (χ1n) is 11.5. The number of ketones is 1. The van der Waals surface area contributed by atoms with E-state index in [1.165, 1.54) is 0 Å². The lowest BCUT2D eigenvalue weighted by Gasteiger charge is -2.39. The van der Waals surface area contributed by atoms with Gasteiger partial charge in [-0.05, 0) is 43.7 Å². The second kappa shape index (κ2) is 10.1. The van der Waals surface area contributed by atoms with Crippen molar-refractivity contribution in [2.24, 2.45) is 5.92 Å².